The summed E-state index contributed by atoms with van der Waals surface area (Å²) in [6.07, 6.45) is -2.31. The van der Waals surface area contributed by atoms with Crippen molar-refractivity contribution in [3.05, 3.63) is 23.9 Å². The fourth-order valence-corrected chi connectivity index (χ4v) is 1.74. The molecule has 0 bridgehead atoms. The first-order chi connectivity index (χ1) is 10.7. The molecule has 1 atom stereocenters. The number of carbonyl (C=O) groups excluding carboxylic acids is 1. The molecule has 128 valence electrons. The largest absolute Gasteiger partial charge is 0.481 e. The summed E-state index contributed by atoms with van der Waals surface area (Å²) in [5, 5.41) is 11.4. The highest BCUT2D eigenvalue weighted by Crippen LogP contribution is 2.17. The van der Waals surface area contributed by atoms with Gasteiger partial charge in [0.05, 0.1) is 11.5 Å². The second kappa shape index (κ2) is 8.35. The Kier molecular flexibility index (Phi) is 6.80. The average molecular weight is 334 g/mol. The molecule has 1 aromatic heterocycles. The van der Waals surface area contributed by atoms with Gasteiger partial charge in [0.2, 0.25) is 5.88 Å². The fourth-order valence-electron chi connectivity index (χ4n) is 1.74. The van der Waals surface area contributed by atoms with Crippen LogP contribution in [0.4, 0.5) is 13.2 Å². The summed E-state index contributed by atoms with van der Waals surface area (Å²) in [7, 11) is 0. The number of alkyl halides is 3. The van der Waals surface area contributed by atoms with E-state index in [1.165, 1.54) is 6.07 Å². The molecule has 0 fully saturated rings. The standard InChI is InChI=1S/C14H17F3N2O4/c1-2-3-10(13(21)22)7-19-12(20)9-4-5-11(18-6-9)23-8-14(15,16)17/h4-6,10H,2-3,7-8H2,1H3,(H,19,20)(H,21,22). The van der Waals surface area contributed by atoms with Crippen molar-refractivity contribution in [3.63, 3.8) is 0 Å². The van der Waals surface area contributed by atoms with Gasteiger partial charge in [-0.25, -0.2) is 4.98 Å². The number of carboxylic acids is 1. The zero-order valence-corrected chi connectivity index (χ0v) is 12.4. The maximum absolute atomic E-state index is 12.0. The fraction of sp³-hybridized carbons (Fsp3) is 0.500. The van der Waals surface area contributed by atoms with Crippen molar-refractivity contribution < 1.29 is 32.6 Å². The molecule has 1 heterocycles. The van der Waals surface area contributed by atoms with Crippen LogP contribution in [-0.2, 0) is 4.79 Å². The normalized spacial score (nSPS) is 12.5. The Hall–Kier alpha value is -2.32. The number of pyridine rings is 1. The third kappa shape index (κ3) is 6.98. The van der Waals surface area contributed by atoms with Crippen molar-refractivity contribution in [1.29, 1.82) is 0 Å². The van der Waals surface area contributed by atoms with Gasteiger partial charge in [-0.2, -0.15) is 13.2 Å². The number of nitrogens with zero attached hydrogens (tertiary/aromatic N) is 1. The van der Waals surface area contributed by atoms with E-state index in [0.717, 1.165) is 12.3 Å². The van der Waals surface area contributed by atoms with Gasteiger partial charge in [-0.15, -0.1) is 0 Å². The summed E-state index contributed by atoms with van der Waals surface area (Å²) in [5.41, 5.74) is 0.102. The van der Waals surface area contributed by atoms with E-state index in [1.807, 2.05) is 6.92 Å². The topological polar surface area (TPSA) is 88.5 Å². The second-order valence-electron chi connectivity index (χ2n) is 4.82. The Balaban J connectivity index is 2.55. The van der Waals surface area contributed by atoms with E-state index in [9.17, 15) is 22.8 Å². The quantitative estimate of drug-likeness (QED) is 0.761. The molecule has 0 spiro atoms. The zero-order chi connectivity index (χ0) is 17.5. The molecule has 1 rings (SSSR count). The van der Waals surface area contributed by atoms with E-state index in [2.05, 4.69) is 15.0 Å². The zero-order valence-electron chi connectivity index (χ0n) is 12.4. The van der Waals surface area contributed by atoms with Crippen molar-refractivity contribution in [1.82, 2.24) is 10.3 Å². The number of aliphatic carboxylic acids is 1. The molecule has 23 heavy (non-hydrogen) atoms. The number of hydrogen-bond acceptors (Lipinski definition) is 4. The molecule has 6 nitrogen and oxygen atoms in total. The summed E-state index contributed by atoms with van der Waals surface area (Å²) in [4.78, 5) is 26.4. The number of nitrogens with one attached hydrogen (secondary N) is 1. The molecule has 0 saturated carbocycles. The molecule has 0 radical (unpaired) electrons. The van der Waals surface area contributed by atoms with Gasteiger partial charge in [0.15, 0.2) is 6.61 Å². The minimum atomic E-state index is -4.47. The molecule has 0 aliphatic carbocycles. The van der Waals surface area contributed by atoms with E-state index < -0.39 is 30.6 Å². The highest BCUT2D eigenvalue weighted by molar-refractivity contribution is 5.94. The highest BCUT2D eigenvalue weighted by atomic mass is 19.4. The Morgan fingerprint density at radius 1 is 1.39 bits per heavy atom. The predicted octanol–water partition coefficient (Wildman–Crippen LogP) is 2.25. The van der Waals surface area contributed by atoms with Gasteiger partial charge in [-0.1, -0.05) is 13.3 Å². The third-order valence-corrected chi connectivity index (χ3v) is 2.88. The minimum absolute atomic E-state index is 0.0334. The van der Waals surface area contributed by atoms with Gasteiger partial charge >= 0.3 is 12.1 Å². The Labute approximate surface area is 130 Å². The van der Waals surface area contributed by atoms with Crippen molar-refractivity contribution in [2.75, 3.05) is 13.2 Å². The van der Waals surface area contributed by atoms with Gasteiger partial charge < -0.3 is 15.2 Å². The summed E-state index contributed by atoms with van der Waals surface area (Å²) < 4.78 is 40.4. The number of rotatable bonds is 8. The van der Waals surface area contributed by atoms with Crippen LogP contribution in [0.1, 0.15) is 30.1 Å². The van der Waals surface area contributed by atoms with Crippen LogP contribution in [0.2, 0.25) is 0 Å². The number of aromatic nitrogens is 1. The summed E-state index contributed by atoms with van der Waals surface area (Å²) >= 11 is 0. The van der Waals surface area contributed by atoms with Crippen molar-refractivity contribution in [2.45, 2.75) is 25.9 Å². The summed E-state index contributed by atoms with van der Waals surface area (Å²) in [6, 6.07) is 2.39. The van der Waals surface area contributed by atoms with Gasteiger partial charge in [-0.3, -0.25) is 9.59 Å². The Morgan fingerprint density at radius 2 is 2.09 bits per heavy atom. The van der Waals surface area contributed by atoms with Crippen LogP contribution in [-0.4, -0.2) is 41.3 Å². The minimum Gasteiger partial charge on any atom is -0.481 e. The second-order valence-corrected chi connectivity index (χ2v) is 4.82. The number of carbonyl (C=O) groups is 2. The molecule has 0 aliphatic rings. The Morgan fingerprint density at radius 3 is 2.57 bits per heavy atom. The molecule has 0 aromatic carbocycles. The van der Waals surface area contributed by atoms with Crippen molar-refractivity contribution >= 4 is 11.9 Å². The lowest BCUT2D eigenvalue weighted by Gasteiger charge is -2.12. The first kappa shape index (κ1) is 18.7. The van der Waals surface area contributed by atoms with E-state index >= 15 is 0 Å². The third-order valence-electron chi connectivity index (χ3n) is 2.88. The molecular formula is C14H17F3N2O4. The molecule has 1 aromatic rings. The molecule has 2 N–H and O–H groups in total. The van der Waals surface area contributed by atoms with E-state index in [4.69, 9.17) is 5.11 Å². The average Bonchev–Trinajstić information content (AvgIpc) is 2.48. The summed E-state index contributed by atoms with van der Waals surface area (Å²) in [6.45, 7) is 0.332. The van der Waals surface area contributed by atoms with Crippen LogP contribution in [0, 0.1) is 5.92 Å². The smallest absolute Gasteiger partial charge is 0.422 e. The molecule has 1 amide bonds. The first-order valence-electron chi connectivity index (χ1n) is 6.89. The number of amides is 1. The summed E-state index contributed by atoms with van der Waals surface area (Å²) in [5.74, 6) is -2.50. The number of ether oxygens (including phenoxy) is 1. The van der Waals surface area contributed by atoms with E-state index in [0.29, 0.717) is 12.8 Å². The highest BCUT2D eigenvalue weighted by Gasteiger charge is 2.28. The molecule has 0 aliphatic heterocycles. The SMILES string of the molecule is CCCC(CNC(=O)c1ccc(OCC(F)(F)F)nc1)C(=O)O. The Bertz CT molecular complexity index is 532. The van der Waals surface area contributed by atoms with Crippen molar-refractivity contribution in [2.24, 2.45) is 5.92 Å². The van der Waals surface area contributed by atoms with Crippen LogP contribution < -0.4 is 10.1 Å². The van der Waals surface area contributed by atoms with Crippen LogP contribution in [0.3, 0.4) is 0 Å². The lowest BCUT2D eigenvalue weighted by molar-refractivity contribution is -0.154. The molecular weight excluding hydrogens is 317 g/mol. The number of halogens is 3. The van der Waals surface area contributed by atoms with Crippen LogP contribution in [0.5, 0.6) is 5.88 Å². The van der Waals surface area contributed by atoms with E-state index in [1.54, 1.807) is 0 Å². The first-order valence-corrected chi connectivity index (χ1v) is 6.89. The molecule has 0 saturated heterocycles. The maximum atomic E-state index is 12.0. The maximum Gasteiger partial charge on any atom is 0.422 e. The lowest BCUT2D eigenvalue weighted by atomic mass is 10.0. The number of hydrogen-bond donors (Lipinski definition) is 2. The van der Waals surface area contributed by atoms with E-state index in [-0.39, 0.29) is 18.0 Å². The van der Waals surface area contributed by atoms with Gasteiger partial charge in [0.1, 0.15) is 0 Å². The van der Waals surface area contributed by atoms with Crippen LogP contribution in [0.25, 0.3) is 0 Å². The lowest BCUT2D eigenvalue weighted by Crippen LogP contribution is -2.33. The van der Waals surface area contributed by atoms with Gasteiger partial charge in [0, 0.05) is 18.8 Å². The van der Waals surface area contributed by atoms with Gasteiger partial charge in [-0.05, 0) is 12.5 Å². The molecule has 1 unspecified atom stereocenters. The predicted molar refractivity (Wildman–Crippen MR) is 74.2 cm³/mol. The van der Waals surface area contributed by atoms with Crippen LogP contribution >= 0.6 is 0 Å². The molecule has 9 heteroatoms. The van der Waals surface area contributed by atoms with Crippen LogP contribution in [0.15, 0.2) is 18.3 Å². The number of carboxylic acid groups (broad SMARTS) is 1. The van der Waals surface area contributed by atoms with Gasteiger partial charge in [0.25, 0.3) is 5.91 Å². The van der Waals surface area contributed by atoms with Crippen molar-refractivity contribution in [3.8, 4) is 5.88 Å². The monoisotopic (exact) mass is 334 g/mol.